The summed E-state index contributed by atoms with van der Waals surface area (Å²) in [6.45, 7) is -0.644. The molecule has 1 aliphatic rings. The summed E-state index contributed by atoms with van der Waals surface area (Å²) in [4.78, 5) is 13.3. The molecule has 0 radical (unpaired) electrons. The molecule has 0 spiro atoms. The molecule has 30 heavy (non-hydrogen) atoms. The number of amides is 1. The number of nitrogens with zero attached hydrogens (tertiary/aromatic N) is 1. The Kier molecular flexibility index (Phi) is 6.68. The molecule has 2 aromatic carbocycles. The van der Waals surface area contributed by atoms with Crippen molar-refractivity contribution in [2.75, 3.05) is 25.1 Å². The molecular formula is C21H18BrF3N2O3. The average molecular weight is 483 g/mol. The highest BCUT2D eigenvalue weighted by Gasteiger charge is 2.41. The normalized spacial score (nSPS) is 15.8. The van der Waals surface area contributed by atoms with E-state index in [1.807, 2.05) is 24.3 Å². The molecule has 1 fully saturated rings. The lowest BCUT2D eigenvalue weighted by Gasteiger charge is -2.36. The van der Waals surface area contributed by atoms with E-state index in [1.54, 1.807) is 6.07 Å². The van der Waals surface area contributed by atoms with Crippen LogP contribution >= 0.6 is 15.9 Å². The van der Waals surface area contributed by atoms with Crippen LogP contribution in [-0.2, 0) is 14.9 Å². The molecule has 1 amide bonds. The monoisotopic (exact) mass is 482 g/mol. The zero-order chi connectivity index (χ0) is 21.8. The number of benzene rings is 2. The highest BCUT2D eigenvalue weighted by molar-refractivity contribution is 9.10. The van der Waals surface area contributed by atoms with E-state index in [0.717, 1.165) is 10.0 Å². The Hall–Kier alpha value is -2.57. The predicted molar refractivity (Wildman–Crippen MR) is 107 cm³/mol. The zero-order valence-electron chi connectivity index (χ0n) is 15.8. The molecule has 158 valence electrons. The number of carbonyl (C=O) groups is 1. The second kappa shape index (κ2) is 9.06. The Morgan fingerprint density at radius 2 is 1.87 bits per heavy atom. The fourth-order valence-electron chi connectivity index (χ4n) is 3.37. The van der Waals surface area contributed by atoms with Gasteiger partial charge in [0.05, 0.1) is 11.0 Å². The second-order valence-electron chi connectivity index (χ2n) is 6.88. The lowest BCUT2D eigenvalue weighted by Crippen LogP contribution is -2.44. The second-order valence-corrected chi connectivity index (χ2v) is 7.80. The van der Waals surface area contributed by atoms with Crippen molar-refractivity contribution in [1.29, 1.82) is 5.26 Å². The van der Waals surface area contributed by atoms with Gasteiger partial charge in [-0.25, -0.2) is 0 Å². The summed E-state index contributed by atoms with van der Waals surface area (Å²) in [5.41, 5.74) is 0.245. The number of hydrogen-bond acceptors (Lipinski definition) is 4. The standard InChI is InChI=1S/C21H18BrF3N2O3/c22-16-3-1-15(2-4-16)20(7-9-29-10-8-20)19(28)27-17-5-6-18(14(11-17)12-26)30-13-21(23,24)25/h1-6,11H,7-10,13H2,(H,27,28). The highest BCUT2D eigenvalue weighted by Crippen LogP contribution is 2.37. The van der Waals surface area contributed by atoms with Crippen molar-refractivity contribution in [1.82, 2.24) is 0 Å². The first-order chi connectivity index (χ1) is 14.2. The number of anilines is 1. The number of halogens is 4. The first-order valence-electron chi connectivity index (χ1n) is 9.12. The number of carbonyl (C=O) groups excluding carboxylic acids is 1. The van der Waals surface area contributed by atoms with Crippen LogP contribution in [0.3, 0.4) is 0 Å². The summed E-state index contributed by atoms with van der Waals surface area (Å²) >= 11 is 3.39. The van der Waals surface area contributed by atoms with Gasteiger partial charge in [-0.2, -0.15) is 18.4 Å². The van der Waals surface area contributed by atoms with Gasteiger partial charge in [0.2, 0.25) is 5.91 Å². The van der Waals surface area contributed by atoms with Crippen LogP contribution in [0.5, 0.6) is 5.75 Å². The van der Waals surface area contributed by atoms with Crippen molar-refractivity contribution in [2.45, 2.75) is 24.4 Å². The Morgan fingerprint density at radius 1 is 1.20 bits per heavy atom. The summed E-state index contributed by atoms with van der Waals surface area (Å²) in [7, 11) is 0. The molecule has 1 heterocycles. The minimum Gasteiger partial charge on any atom is -0.483 e. The van der Waals surface area contributed by atoms with Crippen LogP contribution in [0, 0.1) is 11.3 Å². The molecule has 9 heteroatoms. The quantitative estimate of drug-likeness (QED) is 0.654. The van der Waals surface area contributed by atoms with Crippen LogP contribution in [0.1, 0.15) is 24.0 Å². The van der Waals surface area contributed by atoms with Crippen molar-refractivity contribution in [3.8, 4) is 11.8 Å². The fraction of sp³-hybridized carbons (Fsp3) is 0.333. The molecule has 2 aromatic rings. The largest absolute Gasteiger partial charge is 0.483 e. The maximum Gasteiger partial charge on any atom is 0.422 e. The third-order valence-corrected chi connectivity index (χ3v) is 5.46. The highest BCUT2D eigenvalue weighted by atomic mass is 79.9. The number of alkyl halides is 3. The van der Waals surface area contributed by atoms with E-state index in [4.69, 9.17) is 4.74 Å². The summed E-state index contributed by atoms with van der Waals surface area (Å²) in [6, 6.07) is 13.2. The Labute approximate surface area is 179 Å². The number of nitrogens with one attached hydrogen (secondary N) is 1. The molecule has 0 aliphatic carbocycles. The summed E-state index contributed by atoms with van der Waals surface area (Å²) < 4.78 is 48.2. The van der Waals surface area contributed by atoms with Gasteiger partial charge < -0.3 is 14.8 Å². The van der Waals surface area contributed by atoms with E-state index in [1.165, 1.54) is 18.2 Å². The van der Waals surface area contributed by atoms with Gasteiger partial charge in [-0.1, -0.05) is 28.1 Å². The maximum absolute atomic E-state index is 13.3. The molecule has 0 aromatic heterocycles. The van der Waals surface area contributed by atoms with E-state index in [9.17, 15) is 23.2 Å². The summed E-state index contributed by atoms with van der Waals surface area (Å²) in [6.07, 6.45) is -3.55. The molecule has 3 rings (SSSR count). The molecule has 1 N–H and O–H groups in total. The molecule has 0 bridgehead atoms. The van der Waals surface area contributed by atoms with Gasteiger partial charge in [0.1, 0.15) is 11.8 Å². The van der Waals surface area contributed by atoms with Crippen molar-refractivity contribution in [3.63, 3.8) is 0 Å². The van der Waals surface area contributed by atoms with E-state index in [2.05, 4.69) is 26.0 Å². The third kappa shape index (κ3) is 5.12. The van der Waals surface area contributed by atoms with Crippen molar-refractivity contribution < 1.29 is 27.4 Å². The third-order valence-electron chi connectivity index (χ3n) is 4.93. The SMILES string of the molecule is N#Cc1cc(NC(=O)C2(c3ccc(Br)cc3)CCOCC2)ccc1OCC(F)(F)F. The van der Waals surface area contributed by atoms with Crippen LogP contribution < -0.4 is 10.1 Å². The van der Waals surface area contributed by atoms with Crippen molar-refractivity contribution >= 4 is 27.5 Å². The van der Waals surface area contributed by atoms with E-state index >= 15 is 0 Å². The van der Waals surface area contributed by atoms with Gasteiger partial charge in [0.25, 0.3) is 0 Å². The topological polar surface area (TPSA) is 71.4 Å². The van der Waals surface area contributed by atoms with Gasteiger partial charge >= 0.3 is 6.18 Å². The fourth-order valence-corrected chi connectivity index (χ4v) is 3.63. The van der Waals surface area contributed by atoms with Crippen LogP contribution in [0.25, 0.3) is 0 Å². The minimum absolute atomic E-state index is 0.0956. The maximum atomic E-state index is 13.3. The van der Waals surface area contributed by atoms with Crippen LogP contribution in [0.2, 0.25) is 0 Å². The van der Waals surface area contributed by atoms with Crippen molar-refractivity contribution in [2.24, 2.45) is 0 Å². The Morgan fingerprint density at radius 3 is 2.47 bits per heavy atom. The molecular weight excluding hydrogens is 465 g/mol. The van der Waals surface area contributed by atoms with E-state index < -0.39 is 18.2 Å². The lowest BCUT2D eigenvalue weighted by atomic mass is 9.73. The molecule has 0 unspecified atom stereocenters. The van der Waals surface area contributed by atoms with Crippen LogP contribution in [0.15, 0.2) is 46.9 Å². The minimum atomic E-state index is -4.51. The van der Waals surface area contributed by atoms with E-state index in [-0.39, 0.29) is 17.2 Å². The number of ether oxygens (including phenoxy) is 2. The summed E-state index contributed by atoms with van der Waals surface area (Å²) in [5, 5.41) is 12.1. The van der Waals surface area contributed by atoms with E-state index in [0.29, 0.717) is 31.7 Å². The van der Waals surface area contributed by atoms with Crippen molar-refractivity contribution in [3.05, 3.63) is 58.1 Å². The molecule has 0 atom stereocenters. The lowest BCUT2D eigenvalue weighted by molar-refractivity contribution is -0.153. The first-order valence-corrected chi connectivity index (χ1v) is 9.92. The van der Waals surface area contributed by atoms with Gasteiger partial charge in [0, 0.05) is 23.4 Å². The molecule has 1 aliphatic heterocycles. The molecule has 5 nitrogen and oxygen atoms in total. The smallest absolute Gasteiger partial charge is 0.422 e. The number of rotatable bonds is 5. The number of nitriles is 1. The molecule has 0 saturated carbocycles. The van der Waals surface area contributed by atoms with Crippen LogP contribution in [-0.4, -0.2) is 31.9 Å². The molecule has 1 saturated heterocycles. The first kappa shape index (κ1) is 22.1. The average Bonchev–Trinajstić information content (AvgIpc) is 2.73. The Balaban J connectivity index is 1.84. The van der Waals surface area contributed by atoms with Gasteiger partial charge in [-0.3, -0.25) is 4.79 Å². The van der Waals surface area contributed by atoms with Crippen LogP contribution in [0.4, 0.5) is 18.9 Å². The van der Waals surface area contributed by atoms with Gasteiger partial charge in [-0.05, 0) is 48.7 Å². The van der Waals surface area contributed by atoms with Gasteiger partial charge in [-0.15, -0.1) is 0 Å². The Bertz CT molecular complexity index is 949. The predicted octanol–water partition coefficient (Wildman–Crippen LogP) is 4.95. The zero-order valence-corrected chi connectivity index (χ0v) is 17.3. The van der Waals surface area contributed by atoms with Gasteiger partial charge in [0.15, 0.2) is 6.61 Å². The summed E-state index contributed by atoms with van der Waals surface area (Å²) in [5.74, 6) is -0.456. The number of hydrogen-bond donors (Lipinski definition) is 1.